The smallest absolute Gasteiger partial charge is 0.257 e. The Balaban J connectivity index is 1.65. The van der Waals surface area contributed by atoms with Crippen LogP contribution in [0.5, 0.6) is 0 Å². The maximum Gasteiger partial charge on any atom is 0.257 e. The summed E-state index contributed by atoms with van der Waals surface area (Å²) >= 11 is 5.39. The highest BCUT2D eigenvalue weighted by molar-refractivity contribution is 8.16. The van der Waals surface area contributed by atoms with E-state index in [-0.39, 0.29) is 5.91 Å². The number of thioether (sulfide) groups is 2. The Labute approximate surface area is 142 Å². The van der Waals surface area contributed by atoms with Crippen molar-refractivity contribution in [1.82, 2.24) is 10.2 Å². The van der Waals surface area contributed by atoms with Crippen LogP contribution in [0.3, 0.4) is 0 Å². The Bertz CT molecular complexity index is 636. The molecule has 1 aliphatic rings. The molecule has 0 radical (unpaired) electrons. The van der Waals surface area contributed by atoms with Gasteiger partial charge >= 0.3 is 0 Å². The van der Waals surface area contributed by atoms with Gasteiger partial charge in [-0.15, -0.1) is 33.7 Å². The molecular formula is C15H17N3OS3. The van der Waals surface area contributed by atoms with Crippen molar-refractivity contribution < 1.29 is 4.79 Å². The van der Waals surface area contributed by atoms with E-state index in [4.69, 9.17) is 0 Å². The van der Waals surface area contributed by atoms with E-state index in [0.29, 0.717) is 15.3 Å². The molecule has 1 aromatic heterocycles. The third kappa shape index (κ3) is 3.83. The number of amides is 1. The zero-order valence-corrected chi connectivity index (χ0v) is 14.7. The summed E-state index contributed by atoms with van der Waals surface area (Å²) in [6.45, 7) is 2.02. The first-order valence-corrected chi connectivity index (χ1v) is 10.1. The number of nitrogens with one attached hydrogen (secondary N) is 1. The Morgan fingerprint density at radius 1 is 1.23 bits per heavy atom. The molecule has 3 rings (SSSR count). The molecule has 0 aliphatic carbocycles. The van der Waals surface area contributed by atoms with Gasteiger partial charge in [0.05, 0.1) is 4.58 Å². The van der Waals surface area contributed by atoms with E-state index >= 15 is 0 Å². The number of carbonyl (C=O) groups is 1. The molecule has 1 aliphatic heterocycles. The van der Waals surface area contributed by atoms with Crippen LogP contribution in [0.15, 0.2) is 24.3 Å². The molecule has 7 heteroatoms. The molecule has 116 valence electrons. The summed E-state index contributed by atoms with van der Waals surface area (Å²) in [7, 11) is 0. The summed E-state index contributed by atoms with van der Waals surface area (Å²) in [6, 6.07) is 7.90. The minimum Gasteiger partial charge on any atom is -0.296 e. The third-order valence-electron chi connectivity index (χ3n) is 3.26. The van der Waals surface area contributed by atoms with Crippen LogP contribution < -0.4 is 5.32 Å². The van der Waals surface area contributed by atoms with E-state index in [0.717, 1.165) is 11.4 Å². The summed E-state index contributed by atoms with van der Waals surface area (Å²) < 4.78 is 0.501. The quantitative estimate of drug-likeness (QED) is 0.894. The summed E-state index contributed by atoms with van der Waals surface area (Å²) in [5.41, 5.74) is 1.94. The molecule has 4 nitrogen and oxygen atoms in total. The van der Waals surface area contributed by atoms with Crippen LogP contribution in [0.1, 0.15) is 38.9 Å². The van der Waals surface area contributed by atoms with E-state index in [2.05, 4.69) is 27.6 Å². The highest BCUT2D eigenvalue weighted by atomic mass is 32.2. The molecule has 1 fully saturated rings. The lowest BCUT2D eigenvalue weighted by Gasteiger charge is -2.21. The second-order valence-electron chi connectivity index (χ2n) is 4.86. The van der Waals surface area contributed by atoms with Gasteiger partial charge in [-0.25, -0.2) is 0 Å². The van der Waals surface area contributed by atoms with Crippen LogP contribution in [0.25, 0.3) is 0 Å². The number of benzene rings is 1. The molecule has 2 aromatic rings. The van der Waals surface area contributed by atoms with Crippen molar-refractivity contribution in [3.63, 3.8) is 0 Å². The van der Waals surface area contributed by atoms with Crippen LogP contribution in [-0.2, 0) is 6.42 Å². The van der Waals surface area contributed by atoms with Crippen LogP contribution >= 0.6 is 34.9 Å². The van der Waals surface area contributed by atoms with Crippen LogP contribution in [0, 0.1) is 0 Å². The van der Waals surface area contributed by atoms with Gasteiger partial charge in [-0.1, -0.05) is 30.4 Å². The number of hydrogen-bond donors (Lipinski definition) is 1. The molecule has 1 N–H and O–H groups in total. The molecule has 1 amide bonds. The van der Waals surface area contributed by atoms with Gasteiger partial charge in [0.25, 0.3) is 5.91 Å². The van der Waals surface area contributed by atoms with Crippen molar-refractivity contribution in [3.05, 3.63) is 40.4 Å². The van der Waals surface area contributed by atoms with E-state index < -0.39 is 0 Å². The third-order valence-corrected chi connectivity index (χ3v) is 7.26. The van der Waals surface area contributed by atoms with Gasteiger partial charge < -0.3 is 0 Å². The lowest BCUT2D eigenvalue weighted by Crippen LogP contribution is -2.11. The molecule has 0 bridgehead atoms. The summed E-state index contributed by atoms with van der Waals surface area (Å²) in [5.74, 6) is 2.31. The topological polar surface area (TPSA) is 54.9 Å². The zero-order chi connectivity index (χ0) is 15.4. The lowest BCUT2D eigenvalue weighted by atomic mass is 10.1. The Morgan fingerprint density at radius 2 is 1.95 bits per heavy atom. The maximum atomic E-state index is 12.2. The molecule has 0 unspecified atom stereocenters. The summed E-state index contributed by atoms with van der Waals surface area (Å²) in [5, 5.41) is 12.3. The molecule has 2 heterocycles. The second kappa shape index (κ2) is 7.48. The van der Waals surface area contributed by atoms with Gasteiger partial charge in [0.2, 0.25) is 5.13 Å². The Hall–Kier alpha value is -1.05. The van der Waals surface area contributed by atoms with Gasteiger partial charge in [0.1, 0.15) is 5.01 Å². The van der Waals surface area contributed by atoms with Crippen molar-refractivity contribution in [1.29, 1.82) is 0 Å². The summed E-state index contributed by atoms with van der Waals surface area (Å²) in [4.78, 5) is 12.2. The Kier molecular flexibility index (Phi) is 5.38. The van der Waals surface area contributed by atoms with E-state index in [1.54, 1.807) is 0 Å². The van der Waals surface area contributed by atoms with Crippen LogP contribution in [0.4, 0.5) is 5.13 Å². The average molecular weight is 352 g/mol. The molecule has 0 atom stereocenters. The fourth-order valence-electron chi connectivity index (χ4n) is 2.09. The molecular weight excluding hydrogens is 334 g/mol. The standard InChI is InChI=1S/C15H17N3OS3/c1-2-12-17-18-15(22-12)16-13(19)10-4-6-11(7-5-10)14-20-8-3-9-21-14/h4-7,14H,2-3,8-9H2,1H3,(H,16,18,19). The zero-order valence-electron chi connectivity index (χ0n) is 12.2. The van der Waals surface area contributed by atoms with Crippen molar-refractivity contribution in [2.24, 2.45) is 0 Å². The van der Waals surface area contributed by atoms with Crippen molar-refractivity contribution in [2.75, 3.05) is 16.8 Å². The predicted octanol–water partition coefficient (Wildman–Crippen LogP) is 4.22. The number of anilines is 1. The van der Waals surface area contributed by atoms with Gasteiger partial charge in [-0.2, -0.15) is 0 Å². The molecule has 1 saturated heterocycles. The number of rotatable bonds is 4. The minimum absolute atomic E-state index is 0.130. The normalized spacial score (nSPS) is 15.7. The predicted molar refractivity (Wildman–Crippen MR) is 96.0 cm³/mol. The van der Waals surface area contributed by atoms with E-state index in [9.17, 15) is 4.79 Å². The minimum atomic E-state index is -0.130. The van der Waals surface area contributed by atoms with Gasteiger partial charge in [-0.05, 0) is 42.0 Å². The van der Waals surface area contributed by atoms with Crippen molar-refractivity contribution in [2.45, 2.75) is 24.3 Å². The van der Waals surface area contributed by atoms with Crippen LogP contribution in [-0.4, -0.2) is 27.6 Å². The van der Waals surface area contributed by atoms with Gasteiger partial charge in [-0.3, -0.25) is 10.1 Å². The lowest BCUT2D eigenvalue weighted by molar-refractivity contribution is 0.102. The molecule has 0 saturated carbocycles. The maximum absolute atomic E-state index is 12.2. The number of hydrogen-bond acceptors (Lipinski definition) is 6. The highest BCUT2D eigenvalue weighted by Crippen LogP contribution is 2.43. The Morgan fingerprint density at radius 3 is 2.59 bits per heavy atom. The fraction of sp³-hybridized carbons (Fsp3) is 0.400. The first-order chi connectivity index (χ1) is 10.8. The number of aryl methyl sites for hydroxylation is 1. The van der Waals surface area contributed by atoms with E-state index in [1.165, 1.54) is 34.8 Å². The number of carbonyl (C=O) groups excluding carboxylic acids is 1. The first-order valence-electron chi connectivity index (χ1n) is 7.23. The van der Waals surface area contributed by atoms with E-state index in [1.807, 2.05) is 42.6 Å². The molecule has 1 aromatic carbocycles. The number of aromatic nitrogens is 2. The fourth-order valence-corrected chi connectivity index (χ4v) is 5.66. The van der Waals surface area contributed by atoms with Crippen LogP contribution in [0.2, 0.25) is 0 Å². The monoisotopic (exact) mass is 351 g/mol. The van der Waals surface area contributed by atoms with Gasteiger partial charge in [0, 0.05) is 5.56 Å². The second-order valence-corrected chi connectivity index (χ2v) is 8.64. The number of nitrogens with zero attached hydrogens (tertiary/aromatic N) is 2. The average Bonchev–Trinajstić information content (AvgIpc) is 3.03. The van der Waals surface area contributed by atoms with Crippen molar-refractivity contribution in [3.8, 4) is 0 Å². The highest BCUT2D eigenvalue weighted by Gasteiger charge is 2.17. The largest absolute Gasteiger partial charge is 0.296 e. The molecule has 22 heavy (non-hydrogen) atoms. The summed E-state index contributed by atoms with van der Waals surface area (Å²) in [6.07, 6.45) is 2.12. The first kappa shape index (κ1) is 15.8. The van der Waals surface area contributed by atoms with Crippen molar-refractivity contribution >= 4 is 45.9 Å². The van der Waals surface area contributed by atoms with Gasteiger partial charge in [0.15, 0.2) is 0 Å². The molecule has 0 spiro atoms. The SMILES string of the molecule is CCc1nnc(NC(=O)c2ccc(C3SCCCS3)cc2)s1.